The van der Waals surface area contributed by atoms with Gasteiger partial charge in [-0.05, 0) is 43.7 Å². The Labute approximate surface area is 164 Å². The fourth-order valence-electron chi connectivity index (χ4n) is 3.50. The summed E-state index contributed by atoms with van der Waals surface area (Å²) in [6.07, 6.45) is 0.713. The maximum absolute atomic E-state index is 13.8. The molecule has 0 spiro atoms. The summed E-state index contributed by atoms with van der Waals surface area (Å²) in [5.41, 5.74) is 1.46. The number of hydrogen-bond donors (Lipinski definition) is 1. The van der Waals surface area contributed by atoms with Crippen LogP contribution in [0.3, 0.4) is 0 Å². The highest BCUT2D eigenvalue weighted by atomic mass is 19.1. The van der Waals surface area contributed by atoms with Crippen LogP contribution >= 0.6 is 0 Å². The predicted octanol–water partition coefficient (Wildman–Crippen LogP) is 3.85. The molecule has 2 aromatic carbocycles. The monoisotopic (exact) mass is 384 g/mol. The van der Waals surface area contributed by atoms with Crippen LogP contribution in [0.1, 0.15) is 36.2 Å². The van der Waals surface area contributed by atoms with Crippen molar-refractivity contribution < 1.29 is 18.7 Å². The van der Waals surface area contributed by atoms with Gasteiger partial charge in [-0.15, -0.1) is 0 Å². The first-order valence-electron chi connectivity index (χ1n) is 9.47. The smallest absolute Gasteiger partial charge is 0.338 e. The van der Waals surface area contributed by atoms with E-state index in [1.54, 1.807) is 0 Å². The first-order valence-corrected chi connectivity index (χ1v) is 9.47. The third kappa shape index (κ3) is 5.16. The minimum absolute atomic E-state index is 0.0236. The predicted molar refractivity (Wildman–Crippen MR) is 105 cm³/mol. The van der Waals surface area contributed by atoms with Gasteiger partial charge < -0.3 is 10.1 Å². The van der Waals surface area contributed by atoms with Crippen molar-refractivity contribution >= 4 is 17.6 Å². The minimum atomic E-state index is -0.591. The number of amides is 1. The van der Waals surface area contributed by atoms with Gasteiger partial charge in [0.05, 0.1) is 11.3 Å². The quantitative estimate of drug-likeness (QED) is 0.769. The van der Waals surface area contributed by atoms with Gasteiger partial charge in [-0.3, -0.25) is 9.69 Å². The third-order valence-corrected chi connectivity index (χ3v) is 5.03. The van der Waals surface area contributed by atoms with Gasteiger partial charge in [0.1, 0.15) is 11.9 Å². The van der Waals surface area contributed by atoms with Crippen LogP contribution in [0.4, 0.5) is 10.1 Å². The molecule has 0 saturated carbocycles. The zero-order valence-electron chi connectivity index (χ0n) is 16.2. The number of benzene rings is 2. The highest BCUT2D eigenvalue weighted by Gasteiger charge is 2.29. The Hall–Kier alpha value is -2.73. The lowest BCUT2D eigenvalue weighted by Gasteiger charge is -2.21. The molecule has 3 rings (SSSR count). The Morgan fingerprint density at radius 2 is 2.00 bits per heavy atom. The van der Waals surface area contributed by atoms with Crippen molar-refractivity contribution in [3.05, 3.63) is 65.5 Å². The molecule has 5 nitrogen and oxygen atoms in total. The number of carbonyl (C=O) groups is 2. The van der Waals surface area contributed by atoms with Crippen LogP contribution in [0.5, 0.6) is 0 Å². The zero-order chi connectivity index (χ0) is 20.1. The summed E-state index contributed by atoms with van der Waals surface area (Å²) in [6.45, 7) is 5.89. The summed E-state index contributed by atoms with van der Waals surface area (Å²) < 4.78 is 19.4. The maximum atomic E-state index is 13.8. The van der Waals surface area contributed by atoms with E-state index in [1.807, 2.05) is 25.1 Å². The summed E-state index contributed by atoms with van der Waals surface area (Å²) in [7, 11) is 0. The number of nitrogens with one attached hydrogen (secondary N) is 1. The Bertz CT molecular complexity index is 841. The molecule has 0 bridgehead atoms. The number of anilines is 1. The molecule has 1 aliphatic rings. The Balaban J connectivity index is 1.56. The van der Waals surface area contributed by atoms with Crippen molar-refractivity contribution in [2.75, 3.05) is 18.4 Å². The lowest BCUT2D eigenvalue weighted by Crippen LogP contribution is -2.27. The second-order valence-corrected chi connectivity index (χ2v) is 7.26. The van der Waals surface area contributed by atoms with Crippen LogP contribution in [0.15, 0.2) is 48.5 Å². The van der Waals surface area contributed by atoms with Gasteiger partial charge in [0.25, 0.3) is 0 Å². The van der Waals surface area contributed by atoms with Crippen molar-refractivity contribution in [3.8, 4) is 0 Å². The molecule has 28 heavy (non-hydrogen) atoms. The van der Waals surface area contributed by atoms with Gasteiger partial charge in [0.15, 0.2) is 0 Å². The lowest BCUT2D eigenvalue weighted by atomic mass is 10.0. The van der Waals surface area contributed by atoms with E-state index in [2.05, 4.69) is 22.3 Å². The standard InChI is InChI=1S/C22H25FN2O3/c1-15(19-10-11-25(14-19)13-17-6-4-3-5-7-17)28-22(27)18-8-9-20(23)21(12-18)24-16(2)26/h3-9,12,15,19H,10-11,13-14H2,1-2H3,(H,24,26). The first kappa shape index (κ1) is 20.0. The van der Waals surface area contributed by atoms with Gasteiger partial charge >= 0.3 is 5.97 Å². The van der Waals surface area contributed by atoms with E-state index in [1.165, 1.54) is 24.6 Å². The van der Waals surface area contributed by atoms with Gasteiger partial charge in [-0.2, -0.15) is 0 Å². The number of nitrogens with zero attached hydrogens (tertiary/aromatic N) is 1. The molecule has 148 valence electrons. The van der Waals surface area contributed by atoms with E-state index in [9.17, 15) is 14.0 Å². The van der Waals surface area contributed by atoms with E-state index in [0.717, 1.165) is 32.1 Å². The molecule has 2 atom stereocenters. The summed E-state index contributed by atoms with van der Waals surface area (Å²) in [6, 6.07) is 14.1. The summed E-state index contributed by atoms with van der Waals surface area (Å²) >= 11 is 0. The van der Waals surface area contributed by atoms with Crippen LogP contribution in [-0.2, 0) is 16.1 Å². The van der Waals surface area contributed by atoms with Crippen LogP contribution < -0.4 is 5.32 Å². The Kier molecular flexibility index (Phi) is 6.41. The van der Waals surface area contributed by atoms with Crippen molar-refractivity contribution in [2.45, 2.75) is 32.9 Å². The van der Waals surface area contributed by atoms with Crippen molar-refractivity contribution in [1.82, 2.24) is 4.90 Å². The average Bonchev–Trinajstić information content (AvgIpc) is 3.12. The second-order valence-electron chi connectivity index (χ2n) is 7.26. The van der Waals surface area contributed by atoms with E-state index >= 15 is 0 Å². The number of carbonyl (C=O) groups excluding carboxylic acids is 2. The highest BCUT2D eigenvalue weighted by Crippen LogP contribution is 2.25. The third-order valence-electron chi connectivity index (χ3n) is 5.03. The summed E-state index contributed by atoms with van der Waals surface area (Å²) in [5, 5.41) is 2.38. The molecule has 1 heterocycles. The van der Waals surface area contributed by atoms with Gasteiger partial charge in [0.2, 0.25) is 5.91 Å². The highest BCUT2D eigenvalue weighted by molar-refractivity contribution is 5.93. The minimum Gasteiger partial charge on any atom is -0.459 e. The number of halogens is 1. The fraction of sp³-hybridized carbons (Fsp3) is 0.364. The normalized spacial score (nSPS) is 17.9. The number of likely N-dealkylation sites (tertiary alicyclic amines) is 1. The average molecular weight is 384 g/mol. The topological polar surface area (TPSA) is 58.6 Å². The van der Waals surface area contributed by atoms with Crippen LogP contribution in [0.2, 0.25) is 0 Å². The van der Waals surface area contributed by atoms with E-state index in [-0.39, 0.29) is 23.3 Å². The molecular weight excluding hydrogens is 359 g/mol. The molecule has 1 saturated heterocycles. The number of ether oxygens (including phenoxy) is 1. The molecule has 1 amide bonds. The zero-order valence-corrected chi connectivity index (χ0v) is 16.2. The van der Waals surface area contributed by atoms with Crippen LogP contribution in [0.25, 0.3) is 0 Å². The van der Waals surface area contributed by atoms with Gasteiger partial charge in [-0.25, -0.2) is 9.18 Å². The fourth-order valence-corrected chi connectivity index (χ4v) is 3.50. The lowest BCUT2D eigenvalue weighted by molar-refractivity contribution is -0.114. The number of rotatable bonds is 6. The van der Waals surface area contributed by atoms with Gasteiger partial charge in [-0.1, -0.05) is 30.3 Å². The largest absolute Gasteiger partial charge is 0.459 e. The summed E-state index contributed by atoms with van der Waals surface area (Å²) in [4.78, 5) is 26.0. The first-order chi connectivity index (χ1) is 13.4. The SMILES string of the molecule is CC(=O)Nc1cc(C(=O)OC(C)C2CCN(Cc3ccccc3)C2)ccc1F. The maximum Gasteiger partial charge on any atom is 0.338 e. The van der Waals surface area contributed by atoms with Crippen LogP contribution in [0, 0.1) is 11.7 Å². The Morgan fingerprint density at radius 1 is 1.25 bits per heavy atom. The molecule has 1 fully saturated rings. The van der Waals surface area contributed by atoms with Gasteiger partial charge in [0, 0.05) is 25.9 Å². The molecule has 2 unspecified atom stereocenters. The van der Waals surface area contributed by atoms with E-state index in [4.69, 9.17) is 4.74 Å². The van der Waals surface area contributed by atoms with Crippen molar-refractivity contribution in [3.63, 3.8) is 0 Å². The molecule has 1 aliphatic heterocycles. The van der Waals surface area contributed by atoms with E-state index < -0.39 is 17.7 Å². The summed E-state index contributed by atoms with van der Waals surface area (Å²) in [5.74, 6) is -1.25. The van der Waals surface area contributed by atoms with Crippen LogP contribution in [-0.4, -0.2) is 36.0 Å². The molecule has 0 aliphatic carbocycles. The molecule has 6 heteroatoms. The van der Waals surface area contributed by atoms with Crippen molar-refractivity contribution in [2.24, 2.45) is 5.92 Å². The molecule has 1 N–H and O–H groups in total. The number of hydrogen-bond acceptors (Lipinski definition) is 4. The molecule has 2 aromatic rings. The molecule has 0 aromatic heterocycles. The van der Waals surface area contributed by atoms with E-state index in [0.29, 0.717) is 0 Å². The number of esters is 1. The molecular formula is C22H25FN2O3. The van der Waals surface area contributed by atoms with Crippen molar-refractivity contribution in [1.29, 1.82) is 0 Å². The Morgan fingerprint density at radius 3 is 2.71 bits per heavy atom. The second kappa shape index (κ2) is 8.97. The molecule has 0 radical (unpaired) electrons.